The van der Waals surface area contributed by atoms with Gasteiger partial charge in [0.05, 0.1) is 12.1 Å². The highest BCUT2D eigenvalue weighted by atomic mass is 16.1. The summed E-state index contributed by atoms with van der Waals surface area (Å²) in [6, 6.07) is 22.5. The van der Waals surface area contributed by atoms with Gasteiger partial charge in [-0.2, -0.15) is 10.5 Å². The first-order valence-electron chi connectivity index (χ1n) is 7.35. The van der Waals surface area contributed by atoms with Crippen molar-refractivity contribution >= 4 is 11.9 Å². The van der Waals surface area contributed by atoms with Gasteiger partial charge >= 0.3 is 0 Å². The number of carbonyl (C=O) groups is 1. The Balaban J connectivity index is 2.18. The molecule has 2 rings (SSSR count). The van der Waals surface area contributed by atoms with E-state index in [4.69, 9.17) is 10.5 Å². The van der Waals surface area contributed by atoms with E-state index in [0.717, 1.165) is 5.56 Å². The van der Waals surface area contributed by atoms with E-state index in [1.165, 1.54) is 0 Å². The Morgan fingerprint density at radius 2 is 1.52 bits per heavy atom. The number of benzene rings is 2. The number of nitrogens with zero attached hydrogens (tertiary/aromatic N) is 2. The van der Waals surface area contributed by atoms with E-state index >= 15 is 0 Å². The molecule has 0 spiro atoms. The van der Waals surface area contributed by atoms with Gasteiger partial charge in [0.15, 0.2) is 5.78 Å². The highest BCUT2D eigenvalue weighted by Crippen LogP contribution is 2.21. The third-order valence-corrected chi connectivity index (χ3v) is 3.56. The molecule has 0 unspecified atom stereocenters. The fraction of sp³-hybridized carbons (Fsp3) is 0.150. The number of allylic oxidation sites excluding steroid dienone is 1. The molecule has 112 valence electrons. The van der Waals surface area contributed by atoms with Gasteiger partial charge in [0, 0.05) is 17.9 Å². The maximum absolute atomic E-state index is 12.4. The van der Waals surface area contributed by atoms with E-state index in [2.05, 4.69) is 0 Å². The van der Waals surface area contributed by atoms with Gasteiger partial charge in [0.2, 0.25) is 0 Å². The number of Topliss-reactive ketones (excluding diaryl/α,β-unsaturated/α-hetero) is 1. The Morgan fingerprint density at radius 3 is 2.09 bits per heavy atom. The standard InChI is InChI=1S/C20H16N2O/c21-14-19(15-22)18(12-11-16-7-3-1-4-8-16)13-20(23)17-9-5-2-6-10-17/h1-12,18-19H,13H2/b12-11+/t18-/m1/s1. The summed E-state index contributed by atoms with van der Waals surface area (Å²) in [4.78, 5) is 12.4. The molecule has 1 atom stereocenters. The van der Waals surface area contributed by atoms with Crippen molar-refractivity contribution in [1.82, 2.24) is 0 Å². The van der Waals surface area contributed by atoms with Crippen LogP contribution in [-0.2, 0) is 0 Å². The number of rotatable bonds is 6. The molecular weight excluding hydrogens is 284 g/mol. The largest absolute Gasteiger partial charge is 0.294 e. The molecule has 0 aromatic heterocycles. The monoisotopic (exact) mass is 300 g/mol. The summed E-state index contributed by atoms with van der Waals surface area (Å²) in [6.45, 7) is 0. The second-order valence-corrected chi connectivity index (χ2v) is 5.16. The lowest BCUT2D eigenvalue weighted by Gasteiger charge is -2.12. The van der Waals surface area contributed by atoms with Crippen molar-refractivity contribution in [2.24, 2.45) is 11.8 Å². The molecule has 3 nitrogen and oxygen atoms in total. The summed E-state index contributed by atoms with van der Waals surface area (Å²) in [6.07, 6.45) is 3.77. The van der Waals surface area contributed by atoms with Gasteiger partial charge in [-0.15, -0.1) is 0 Å². The smallest absolute Gasteiger partial charge is 0.163 e. The zero-order valence-electron chi connectivity index (χ0n) is 12.6. The third-order valence-electron chi connectivity index (χ3n) is 3.56. The van der Waals surface area contributed by atoms with Gasteiger partial charge in [-0.3, -0.25) is 4.79 Å². The molecule has 3 heteroatoms. The maximum atomic E-state index is 12.4. The van der Waals surface area contributed by atoms with Crippen molar-refractivity contribution in [3.8, 4) is 12.1 Å². The lowest BCUT2D eigenvalue weighted by Crippen LogP contribution is -2.14. The van der Waals surface area contributed by atoms with E-state index in [-0.39, 0.29) is 12.2 Å². The van der Waals surface area contributed by atoms with Crippen molar-refractivity contribution < 1.29 is 4.79 Å². The van der Waals surface area contributed by atoms with Crippen LogP contribution in [0.3, 0.4) is 0 Å². The summed E-state index contributed by atoms with van der Waals surface area (Å²) >= 11 is 0. The topological polar surface area (TPSA) is 64.7 Å². The van der Waals surface area contributed by atoms with Gasteiger partial charge in [0.1, 0.15) is 5.92 Å². The molecule has 0 N–H and O–H groups in total. The molecule has 2 aromatic rings. The molecule has 0 bridgehead atoms. The molecule has 0 aliphatic carbocycles. The van der Waals surface area contributed by atoms with Crippen molar-refractivity contribution in [2.75, 3.05) is 0 Å². The molecule has 0 radical (unpaired) electrons. The minimum atomic E-state index is -0.845. The Bertz CT molecular complexity index is 738. The molecule has 0 fully saturated rings. The van der Waals surface area contributed by atoms with Crippen molar-refractivity contribution in [3.05, 3.63) is 77.9 Å². The summed E-state index contributed by atoms with van der Waals surface area (Å²) in [5.74, 6) is -1.34. The molecule has 0 aliphatic rings. The Hall–Kier alpha value is -3.17. The summed E-state index contributed by atoms with van der Waals surface area (Å²) in [5, 5.41) is 18.3. The normalized spacial score (nSPS) is 11.8. The van der Waals surface area contributed by atoms with E-state index in [9.17, 15) is 4.79 Å². The van der Waals surface area contributed by atoms with Crippen LogP contribution in [0.4, 0.5) is 0 Å². The van der Waals surface area contributed by atoms with Crippen LogP contribution >= 0.6 is 0 Å². The van der Waals surface area contributed by atoms with Crippen molar-refractivity contribution in [1.29, 1.82) is 10.5 Å². The minimum Gasteiger partial charge on any atom is -0.294 e. The van der Waals surface area contributed by atoms with Gasteiger partial charge in [-0.05, 0) is 5.56 Å². The second kappa shape index (κ2) is 8.32. The molecular formula is C20H16N2O. The number of hydrogen-bond acceptors (Lipinski definition) is 3. The van der Waals surface area contributed by atoms with Crippen LogP contribution in [0.1, 0.15) is 22.3 Å². The van der Waals surface area contributed by atoms with Crippen LogP contribution in [0.2, 0.25) is 0 Å². The fourth-order valence-electron chi connectivity index (χ4n) is 2.27. The number of nitriles is 2. The molecule has 0 aliphatic heterocycles. The van der Waals surface area contributed by atoms with E-state index < -0.39 is 11.8 Å². The molecule has 23 heavy (non-hydrogen) atoms. The van der Waals surface area contributed by atoms with Crippen molar-refractivity contribution in [2.45, 2.75) is 6.42 Å². The number of ketones is 1. The van der Waals surface area contributed by atoms with Crippen LogP contribution < -0.4 is 0 Å². The molecule has 0 saturated carbocycles. The molecule has 0 heterocycles. The van der Waals surface area contributed by atoms with Crippen LogP contribution in [0.25, 0.3) is 6.08 Å². The Morgan fingerprint density at radius 1 is 0.957 bits per heavy atom. The fourth-order valence-corrected chi connectivity index (χ4v) is 2.27. The SMILES string of the molecule is N#CC(C#N)[C@H](/C=C/c1ccccc1)CC(=O)c1ccccc1. The van der Waals surface area contributed by atoms with Gasteiger partial charge in [-0.1, -0.05) is 72.8 Å². The summed E-state index contributed by atoms with van der Waals surface area (Å²) in [7, 11) is 0. The maximum Gasteiger partial charge on any atom is 0.163 e. The van der Waals surface area contributed by atoms with Crippen LogP contribution in [0.5, 0.6) is 0 Å². The third kappa shape index (κ3) is 4.66. The number of carbonyl (C=O) groups excluding carboxylic acids is 1. The summed E-state index contributed by atoms with van der Waals surface area (Å²) < 4.78 is 0. The molecule has 0 saturated heterocycles. The zero-order valence-corrected chi connectivity index (χ0v) is 12.6. The van der Waals surface area contributed by atoms with Gasteiger partial charge in [-0.25, -0.2) is 0 Å². The molecule has 2 aromatic carbocycles. The zero-order chi connectivity index (χ0) is 16.5. The van der Waals surface area contributed by atoms with Gasteiger partial charge < -0.3 is 0 Å². The highest BCUT2D eigenvalue weighted by molar-refractivity contribution is 5.96. The van der Waals surface area contributed by atoms with Crippen molar-refractivity contribution in [3.63, 3.8) is 0 Å². The summed E-state index contributed by atoms with van der Waals surface area (Å²) in [5.41, 5.74) is 1.57. The number of hydrogen-bond donors (Lipinski definition) is 0. The average Bonchev–Trinajstić information content (AvgIpc) is 2.62. The predicted molar refractivity (Wildman–Crippen MR) is 89.1 cm³/mol. The van der Waals surface area contributed by atoms with E-state index in [1.54, 1.807) is 30.3 Å². The van der Waals surface area contributed by atoms with Crippen LogP contribution in [0.15, 0.2) is 66.7 Å². The Labute approximate surface area is 136 Å². The average molecular weight is 300 g/mol. The minimum absolute atomic E-state index is 0.0659. The van der Waals surface area contributed by atoms with E-state index in [0.29, 0.717) is 5.56 Å². The second-order valence-electron chi connectivity index (χ2n) is 5.16. The lowest BCUT2D eigenvalue weighted by atomic mass is 9.87. The van der Waals surface area contributed by atoms with Crippen LogP contribution in [-0.4, -0.2) is 5.78 Å². The van der Waals surface area contributed by atoms with E-state index in [1.807, 2.05) is 54.6 Å². The highest BCUT2D eigenvalue weighted by Gasteiger charge is 2.22. The molecule has 0 amide bonds. The lowest BCUT2D eigenvalue weighted by molar-refractivity contribution is 0.0966. The Kier molecular flexibility index (Phi) is 5.86. The van der Waals surface area contributed by atoms with Crippen LogP contribution in [0, 0.1) is 34.5 Å². The predicted octanol–water partition coefficient (Wildman–Crippen LogP) is 4.25. The first-order chi connectivity index (χ1) is 11.2. The first kappa shape index (κ1) is 16.2. The van der Waals surface area contributed by atoms with Gasteiger partial charge in [0.25, 0.3) is 0 Å². The quantitative estimate of drug-likeness (QED) is 0.749. The first-order valence-corrected chi connectivity index (χ1v) is 7.35.